The SMILES string of the molecule is C=C(S)N(CCc1ccccc1)C(=O)NC(C)(C)C(=O)OC(C)(C)C. The third-order valence-electron chi connectivity index (χ3n) is 3.35. The number of ether oxygens (including phenoxy) is 1. The molecule has 0 bridgehead atoms. The molecule has 0 heterocycles. The summed E-state index contributed by atoms with van der Waals surface area (Å²) < 4.78 is 5.36. The van der Waals surface area contributed by atoms with Crippen LogP contribution >= 0.6 is 12.6 Å². The van der Waals surface area contributed by atoms with Crippen molar-refractivity contribution in [2.75, 3.05) is 6.54 Å². The van der Waals surface area contributed by atoms with Crippen molar-refractivity contribution in [3.63, 3.8) is 0 Å². The van der Waals surface area contributed by atoms with Gasteiger partial charge in [-0.2, -0.15) is 0 Å². The van der Waals surface area contributed by atoms with Gasteiger partial charge in [0.15, 0.2) is 0 Å². The number of hydrogen-bond donors (Lipinski definition) is 2. The normalized spacial score (nSPS) is 11.6. The summed E-state index contributed by atoms with van der Waals surface area (Å²) in [5, 5.41) is 3.01. The molecule has 5 nitrogen and oxygen atoms in total. The number of carbonyl (C=O) groups is 2. The van der Waals surface area contributed by atoms with E-state index in [1.165, 1.54) is 4.90 Å². The van der Waals surface area contributed by atoms with Gasteiger partial charge in [-0.25, -0.2) is 9.59 Å². The van der Waals surface area contributed by atoms with Crippen LogP contribution in [0.25, 0.3) is 0 Å². The molecular weight excluding hydrogens is 336 g/mol. The molecule has 2 amide bonds. The quantitative estimate of drug-likeness (QED) is 0.597. The Labute approximate surface area is 155 Å². The highest BCUT2D eigenvalue weighted by Crippen LogP contribution is 2.16. The van der Waals surface area contributed by atoms with E-state index in [9.17, 15) is 9.59 Å². The summed E-state index contributed by atoms with van der Waals surface area (Å²) in [6, 6.07) is 9.37. The Morgan fingerprint density at radius 1 is 1.16 bits per heavy atom. The zero-order valence-corrected chi connectivity index (χ0v) is 16.5. The third kappa shape index (κ3) is 7.22. The minimum Gasteiger partial charge on any atom is -0.458 e. The number of thiol groups is 1. The van der Waals surface area contributed by atoms with Gasteiger partial charge in [0.2, 0.25) is 0 Å². The number of hydrogen-bond acceptors (Lipinski definition) is 4. The molecule has 0 saturated heterocycles. The Morgan fingerprint density at radius 2 is 1.72 bits per heavy atom. The van der Waals surface area contributed by atoms with Crippen LogP contribution in [0.1, 0.15) is 40.2 Å². The lowest BCUT2D eigenvalue weighted by Gasteiger charge is -2.31. The highest BCUT2D eigenvalue weighted by molar-refractivity contribution is 7.84. The Balaban J connectivity index is 2.75. The summed E-state index contributed by atoms with van der Waals surface area (Å²) in [4.78, 5) is 26.3. The molecular formula is C19H28N2O3S. The molecule has 6 heteroatoms. The van der Waals surface area contributed by atoms with E-state index in [-0.39, 0.29) is 0 Å². The van der Waals surface area contributed by atoms with Gasteiger partial charge in [0.1, 0.15) is 11.1 Å². The van der Waals surface area contributed by atoms with Gasteiger partial charge in [-0.3, -0.25) is 4.90 Å². The molecule has 0 aliphatic carbocycles. The van der Waals surface area contributed by atoms with E-state index in [4.69, 9.17) is 4.74 Å². The fraction of sp³-hybridized carbons (Fsp3) is 0.474. The van der Waals surface area contributed by atoms with Crippen molar-refractivity contribution in [2.24, 2.45) is 0 Å². The van der Waals surface area contributed by atoms with Crippen LogP contribution in [0.2, 0.25) is 0 Å². The number of rotatable bonds is 6. The molecule has 1 aromatic carbocycles. The monoisotopic (exact) mass is 364 g/mol. The maximum absolute atomic E-state index is 12.6. The average molecular weight is 365 g/mol. The van der Waals surface area contributed by atoms with Crippen molar-refractivity contribution >= 4 is 24.6 Å². The maximum Gasteiger partial charge on any atom is 0.331 e. The van der Waals surface area contributed by atoms with Crippen molar-refractivity contribution in [3.8, 4) is 0 Å². The van der Waals surface area contributed by atoms with Gasteiger partial charge >= 0.3 is 12.0 Å². The Bertz CT molecular complexity index is 621. The van der Waals surface area contributed by atoms with Gasteiger partial charge in [0.25, 0.3) is 0 Å². The number of amides is 2. The van der Waals surface area contributed by atoms with Crippen LogP contribution in [0, 0.1) is 0 Å². The summed E-state index contributed by atoms with van der Waals surface area (Å²) in [7, 11) is 0. The van der Waals surface area contributed by atoms with E-state index in [0.717, 1.165) is 5.56 Å². The molecule has 0 aliphatic heterocycles. The molecule has 1 rings (SSSR count). The first-order valence-electron chi connectivity index (χ1n) is 8.17. The fourth-order valence-corrected chi connectivity index (χ4v) is 2.22. The minimum atomic E-state index is -1.17. The van der Waals surface area contributed by atoms with Gasteiger partial charge in [0.05, 0.1) is 5.03 Å². The summed E-state index contributed by atoms with van der Waals surface area (Å²) in [6.45, 7) is 12.7. The molecule has 0 aromatic heterocycles. The predicted molar refractivity (Wildman–Crippen MR) is 103 cm³/mol. The average Bonchev–Trinajstić information content (AvgIpc) is 2.45. The summed E-state index contributed by atoms with van der Waals surface area (Å²) >= 11 is 4.20. The summed E-state index contributed by atoms with van der Waals surface area (Å²) in [6.07, 6.45) is 0.653. The van der Waals surface area contributed by atoms with Crippen LogP contribution in [-0.4, -0.2) is 34.6 Å². The molecule has 25 heavy (non-hydrogen) atoms. The Morgan fingerprint density at radius 3 is 2.20 bits per heavy atom. The van der Waals surface area contributed by atoms with Gasteiger partial charge < -0.3 is 10.1 Å². The zero-order chi connectivity index (χ0) is 19.3. The van der Waals surface area contributed by atoms with Crippen molar-refractivity contribution in [1.82, 2.24) is 10.2 Å². The van der Waals surface area contributed by atoms with Gasteiger partial charge in [0, 0.05) is 6.54 Å². The van der Waals surface area contributed by atoms with Crippen molar-refractivity contribution in [2.45, 2.75) is 52.2 Å². The fourth-order valence-electron chi connectivity index (χ4n) is 2.02. The lowest BCUT2D eigenvalue weighted by molar-refractivity contribution is -0.161. The maximum atomic E-state index is 12.6. The van der Waals surface area contributed by atoms with Gasteiger partial charge in [-0.15, -0.1) is 12.6 Å². The van der Waals surface area contributed by atoms with E-state index in [0.29, 0.717) is 18.0 Å². The number of carbonyl (C=O) groups excluding carboxylic acids is 2. The molecule has 0 unspecified atom stereocenters. The second-order valence-electron chi connectivity index (χ2n) is 7.36. The first-order chi connectivity index (χ1) is 11.4. The van der Waals surface area contributed by atoms with E-state index >= 15 is 0 Å². The van der Waals surface area contributed by atoms with Crippen LogP contribution in [0.3, 0.4) is 0 Å². The molecule has 0 atom stereocenters. The molecule has 1 aromatic rings. The molecule has 0 aliphatic rings. The molecule has 1 N–H and O–H groups in total. The number of esters is 1. The first kappa shape index (κ1) is 21.1. The standard InChI is InChI=1S/C19H28N2O3S/c1-14(25)21(13-12-15-10-8-7-9-11-15)17(23)20-19(5,6)16(22)24-18(2,3)4/h7-11,25H,1,12-13H2,2-6H3,(H,20,23). The predicted octanol–water partition coefficient (Wildman–Crippen LogP) is 3.76. The second kappa shape index (κ2) is 8.43. The van der Waals surface area contributed by atoms with E-state index in [2.05, 4.69) is 24.5 Å². The number of nitrogens with one attached hydrogen (secondary N) is 1. The van der Waals surface area contributed by atoms with Crippen molar-refractivity contribution in [1.29, 1.82) is 0 Å². The van der Waals surface area contributed by atoms with Crippen molar-refractivity contribution < 1.29 is 14.3 Å². The van der Waals surface area contributed by atoms with Crippen LogP contribution in [-0.2, 0) is 16.0 Å². The Hall–Kier alpha value is -1.95. The largest absolute Gasteiger partial charge is 0.458 e. The smallest absolute Gasteiger partial charge is 0.331 e. The minimum absolute atomic E-state index is 0.313. The topological polar surface area (TPSA) is 58.6 Å². The van der Waals surface area contributed by atoms with E-state index in [1.807, 2.05) is 30.3 Å². The summed E-state index contributed by atoms with van der Waals surface area (Å²) in [5.74, 6) is -0.499. The van der Waals surface area contributed by atoms with E-state index < -0.39 is 23.1 Å². The lowest BCUT2D eigenvalue weighted by atomic mass is 10.1. The third-order valence-corrected chi connectivity index (χ3v) is 3.59. The molecule has 0 saturated carbocycles. The number of nitrogens with zero attached hydrogens (tertiary/aromatic N) is 1. The number of urea groups is 1. The first-order valence-corrected chi connectivity index (χ1v) is 8.62. The summed E-state index contributed by atoms with van der Waals surface area (Å²) in [5.41, 5.74) is -0.695. The lowest BCUT2D eigenvalue weighted by Crippen LogP contribution is -2.55. The van der Waals surface area contributed by atoms with Crippen LogP contribution in [0.15, 0.2) is 41.9 Å². The molecule has 0 fully saturated rings. The molecule has 138 valence electrons. The van der Waals surface area contributed by atoms with Crippen LogP contribution < -0.4 is 5.32 Å². The van der Waals surface area contributed by atoms with Gasteiger partial charge in [-0.1, -0.05) is 36.9 Å². The van der Waals surface area contributed by atoms with Crippen molar-refractivity contribution in [3.05, 3.63) is 47.5 Å². The highest BCUT2D eigenvalue weighted by Gasteiger charge is 2.35. The number of benzene rings is 1. The van der Waals surface area contributed by atoms with E-state index in [1.54, 1.807) is 34.6 Å². The zero-order valence-electron chi connectivity index (χ0n) is 15.6. The van der Waals surface area contributed by atoms with Gasteiger partial charge in [-0.05, 0) is 46.6 Å². The van der Waals surface area contributed by atoms with Crippen LogP contribution in [0.5, 0.6) is 0 Å². The molecule has 0 spiro atoms. The Kier molecular flexibility index (Phi) is 7.11. The van der Waals surface area contributed by atoms with Crippen LogP contribution in [0.4, 0.5) is 4.79 Å². The second-order valence-corrected chi connectivity index (χ2v) is 7.88. The molecule has 0 radical (unpaired) electrons. The highest BCUT2D eigenvalue weighted by atomic mass is 32.1.